The highest BCUT2D eigenvalue weighted by Gasteiger charge is 2.20. The topological polar surface area (TPSA) is 102 Å². The van der Waals surface area contributed by atoms with Gasteiger partial charge in [0.05, 0.1) is 11.5 Å². The minimum absolute atomic E-state index is 0.0315. The van der Waals surface area contributed by atoms with E-state index in [-0.39, 0.29) is 36.1 Å². The summed E-state index contributed by atoms with van der Waals surface area (Å²) >= 11 is 0. The summed E-state index contributed by atoms with van der Waals surface area (Å²) in [4.78, 5) is 22.1. The number of benzene rings is 1. The third-order valence-electron chi connectivity index (χ3n) is 3.12. The molecule has 0 unspecified atom stereocenters. The lowest BCUT2D eigenvalue weighted by molar-refractivity contribution is -0.385. The van der Waals surface area contributed by atoms with Gasteiger partial charge >= 0.3 is 5.69 Å². The number of aliphatic hydroxyl groups is 1. The smallest absolute Gasteiger partial charge is 0.310 e. The molecule has 116 valence electrons. The molecule has 0 radical (unpaired) electrons. The molecular weight excluding hydrogens is 276 g/mol. The number of hydrogen-bond donors (Lipinski definition) is 2. The Morgan fingerprint density at radius 3 is 2.67 bits per heavy atom. The van der Waals surface area contributed by atoms with Gasteiger partial charge in [0.25, 0.3) is 5.91 Å². The maximum Gasteiger partial charge on any atom is 0.310 e. The largest absolute Gasteiger partial charge is 0.477 e. The molecule has 0 aliphatic heterocycles. The summed E-state index contributed by atoms with van der Waals surface area (Å²) < 4.78 is 5.23. The molecule has 0 atom stereocenters. The number of nitro groups is 1. The predicted molar refractivity (Wildman–Crippen MR) is 77.0 cm³/mol. The molecule has 0 aromatic heterocycles. The average Bonchev–Trinajstić information content (AvgIpc) is 2.44. The molecule has 0 saturated carbocycles. The summed E-state index contributed by atoms with van der Waals surface area (Å²) in [5.41, 5.74) is -0.126. The number of hydrogen-bond acceptors (Lipinski definition) is 5. The maximum atomic E-state index is 11.8. The minimum Gasteiger partial charge on any atom is -0.477 e. The van der Waals surface area contributed by atoms with E-state index >= 15 is 0 Å². The van der Waals surface area contributed by atoms with E-state index in [1.165, 1.54) is 18.2 Å². The fourth-order valence-corrected chi connectivity index (χ4v) is 1.57. The first-order valence-electron chi connectivity index (χ1n) is 6.61. The number of nitrogens with zero attached hydrogens (tertiary/aromatic N) is 1. The fourth-order valence-electron chi connectivity index (χ4n) is 1.57. The van der Waals surface area contributed by atoms with E-state index in [0.29, 0.717) is 5.56 Å². The van der Waals surface area contributed by atoms with Gasteiger partial charge in [-0.3, -0.25) is 14.9 Å². The molecule has 1 amide bonds. The van der Waals surface area contributed by atoms with Crippen LogP contribution in [0.25, 0.3) is 0 Å². The van der Waals surface area contributed by atoms with Crippen LogP contribution in [0.15, 0.2) is 18.2 Å². The molecule has 0 bridgehead atoms. The molecule has 1 rings (SSSR count). The van der Waals surface area contributed by atoms with E-state index < -0.39 is 4.92 Å². The van der Waals surface area contributed by atoms with Crippen LogP contribution in [0.4, 0.5) is 5.69 Å². The Balaban J connectivity index is 2.78. The van der Waals surface area contributed by atoms with Crippen LogP contribution in [-0.4, -0.2) is 28.1 Å². The number of nitrogens with one attached hydrogen (secondary N) is 1. The van der Waals surface area contributed by atoms with E-state index in [0.717, 1.165) is 6.42 Å². The van der Waals surface area contributed by atoms with Crippen molar-refractivity contribution in [1.29, 1.82) is 0 Å². The van der Waals surface area contributed by atoms with Gasteiger partial charge in [0, 0.05) is 11.6 Å². The summed E-state index contributed by atoms with van der Waals surface area (Å²) in [6, 6.07) is 4.04. The Morgan fingerprint density at radius 2 is 2.14 bits per heavy atom. The quantitative estimate of drug-likeness (QED) is 0.590. The summed E-state index contributed by atoms with van der Waals surface area (Å²) in [5.74, 6) is -0.387. The SMILES string of the molecule is CCC(C)(C)NC(=O)COc1cc(CO)ccc1[N+](=O)[O-]. The molecule has 2 N–H and O–H groups in total. The monoisotopic (exact) mass is 296 g/mol. The molecule has 0 aliphatic rings. The summed E-state index contributed by atoms with van der Waals surface area (Å²) in [6.07, 6.45) is 0.749. The molecule has 0 aliphatic carbocycles. The highest BCUT2D eigenvalue weighted by atomic mass is 16.6. The van der Waals surface area contributed by atoms with Crippen molar-refractivity contribution in [2.75, 3.05) is 6.61 Å². The minimum atomic E-state index is -0.593. The maximum absolute atomic E-state index is 11.8. The zero-order chi connectivity index (χ0) is 16.0. The van der Waals surface area contributed by atoms with Crippen LogP contribution in [-0.2, 0) is 11.4 Å². The zero-order valence-corrected chi connectivity index (χ0v) is 12.4. The van der Waals surface area contributed by atoms with Crippen LogP contribution in [0.2, 0.25) is 0 Å². The van der Waals surface area contributed by atoms with Gasteiger partial charge < -0.3 is 15.2 Å². The standard InChI is InChI=1S/C14H20N2O5/c1-4-14(2,3)15-13(18)9-21-12-7-10(8-17)5-6-11(12)16(19)20/h5-7,17H,4,8-9H2,1-3H3,(H,15,18). The van der Waals surface area contributed by atoms with Crippen molar-refractivity contribution in [3.05, 3.63) is 33.9 Å². The van der Waals surface area contributed by atoms with Crippen molar-refractivity contribution in [2.45, 2.75) is 39.3 Å². The molecule has 1 aromatic rings. The van der Waals surface area contributed by atoms with E-state index in [2.05, 4.69) is 5.32 Å². The van der Waals surface area contributed by atoms with Crippen LogP contribution in [0.3, 0.4) is 0 Å². The molecule has 0 fully saturated rings. The van der Waals surface area contributed by atoms with Gasteiger partial charge in [0.15, 0.2) is 12.4 Å². The second-order valence-electron chi connectivity index (χ2n) is 5.29. The highest BCUT2D eigenvalue weighted by molar-refractivity contribution is 5.78. The summed E-state index contributed by atoms with van der Waals surface area (Å²) in [5, 5.41) is 22.7. The first-order valence-corrected chi connectivity index (χ1v) is 6.61. The lowest BCUT2D eigenvalue weighted by Gasteiger charge is -2.24. The van der Waals surface area contributed by atoms with Gasteiger partial charge in [-0.15, -0.1) is 0 Å². The van der Waals surface area contributed by atoms with Crippen molar-refractivity contribution in [2.24, 2.45) is 0 Å². The van der Waals surface area contributed by atoms with E-state index in [1.54, 1.807) is 0 Å². The van der Waals surface area contributed by atoms with Crippen LogP contribution >= 0.6 is 0 Å². The van der Waals surface area contributed by atoms with E-state index in [9.17, 15) is 14.9 Å². The number of aliphatic hydroxyl groups excluding tert-OH is 1. The number of amides is 1. The predicted octanol–water partition coefficient (Wildman–Crippen LogP) is 1.77. The van der Waals surface area contributed by atoms with Crippen molar-refractivity contribution < 1.29 is 19.6 Å². The van der Waals surface area contributed by atoms with Crippen LogP contribution in [0, 0.1) is 10.1 Å². The molecule has 21 heavy (non-hydrogen) atoms. The molecule has 7 heteroatoms. The highest BCUT2D eigenvalue weighted by Crippen LogP contribution is 2.28. The number of carbonyl (C=O) groups is 1. The second kappa shape index (κ2) is 7.03. The number of ether oxygens (including phenoxy) is 1. The van der Waals surface area contributed by atoms with E-state index in [4.69, 9.17) is 9.84 Å². The van der Waals surface area contributed by atoms with Gasteiger partial charge in [-0.05, 0) is 38.0 Å². The summed E-state index contributed by atoms with van der Waals surface area (Å²) in [6.45, 7) is 5.11. The van der Waals surface area contributed by atoms with Gasteiger partial charge in [-0.25, -0.2) is 0 Å². The molecule has 0 heterocycles. The first-order chi connectivity index (χ1) is 9.79. The summed E-state index contributed by atoms with van der Waals surface area (Å²) in [7, 11) is 0. The Labute approximate surface area is 123 Å². The lowest BCUT2D eigenvalue weighted by atomic mass is 10.0. The third kappa shape index (κ3) is 5.03. The Morgan fingerprint density at radius 1 is 1.48 bits per heavy atom. The lowest BCUT2D eigenvalue weighted by Crippen LogP contribution is -2.44. The zero-order valence-electron chi connectivity index (χ0n) is 12.4. The number of nitro benzene ring substituents is 1. The molecule has 7 nitrogen and oxygen atoms in total. The molecule has 1 aromatic carbocycles. The van der Waals surface area contributed by atoms with Gasteiger partial charge in [0.1, 0.15) is 0 Å². The Bertz CT molecular complexity index is 528. The fraction of sp³-hybridized carbons (Fsp3) is 0.500. The number of carbonyl (C=O) groups excluding carboxylic acids is 1. The Kier molecular flexibility index (Phi) is 5.66. The first kappa shape index (κ1) is 16.9. The van der Waals surface area contributed by atoms with Gasteiger partial charge in [-0.1, -0.05) is 6.92 Å². The second-order valence-corrected chi connectivity index (χ2v) is 5.29. The van der Waals surface area contributed by atoms with Crippen molar-refractivity contribution in [3.63, 3.8) is 0 Å². The van der Waals surface area contributed by atoms with Crippen molar-refractivity contribution in [3.8, 4) is 5.75 Å². The molecular formula is C14H20N2O5. The van der Waals surface area contributed by atoms with Gasteiger partial charge in [-0.2, -0.15) is 0 Å². The van der Waals surface area contributed by atoms with E-state index in [1.807, 2.05) is 20.8 Å². The normalized spacial score (nSPS) is 11.0. The average molecular weight is 296 g/mol. The van der Waals surface area contributed by atoms with Crippen LogP contribution < -0.4 is 10.1 Å². The van der Waals surface area contributed by atoms with Crippen LogP contribution in [0.5, 0.6) is 5.75 Å². The van der Waals surface area contributed by atoms with Crippen molar-refractivity contribution >= 4 is 11.6 Å². The number of rotatable bonds is 7. The molecule has 0 saturated heterocycles. The Hall–Kier alpha value is -2.15. The van der Waals surface area contributed by atoms with Crippen LogP contribution in [0.1, 0.15) is 32.8 Å². The molecule has 0 spiro atoms. The van der Waals surface area contributed by atoms with Gasteiger partial charge in [0.2, 0.25) is 0 Å². The third-order valence-corrected chi connectivity index (χ3v) is 3.12. The van der Waals surface area contributed by atoms with Crippen molar-refractivity contribution in [1.82, 2.24) is 5.32 Å².